The van der Waals surface area contributed by atoms with Crippen LogP contribution in [-0.4, -0.2) is 32.5 Å². The number of hydrogen-bond donors (Lipinski definition) is 2. The summed E-state index contributed by atoms with van der Waals surface area (Å²) in [6.45, 7) is 8.18. The van der Waals surface area contributed by atoms with E-state index >= 15 is 0 Å². The molecule has 0 spiro atoms. The van der Waals surface area contributed by atoms with Crippen LogP contribution in [0.3, 0.4) is 0 Å². The monoisotopic (exact) mass is 158 g/mol. The minimum Gasteiger partial charge on any atom is -0.362 e. The predicted octanol–water partition coefficient (Wildman–Crippen LogP) is 0.178. The minimum absolute atomic E-state index is 0.228. The quantitative estimate of drug-likeness (QED) is 0.614. The molecule has 0 bridgehead atoms. The zero-order chi connectivity index (χ0) is 8.10. The van der Waals surface area contributed by atoms with Crippen molar-refractivity contribution in [3.63, 3.8) is 0 Å². The molecule has 1 unspecified atom stereocenters. The Balaban J connectivity index is 2.05. The molecule has 11 heavy (non-hydrogen) atoms. The van der Waals surface area contributed by atoms with Crippen LogP contribution in [0, 0.1) is 5.92 Å². The van der Waals surface area contributed by atoms with Crippen molar-refractivity contribution in [1.82, 2.24) is 10.6 Å². The van der Waals surface area contributed by atoms with Gasteiger partial charge in [0.15, 0.2) is 0 Å². The fraction of sp³-hybridized carbons (Fsp3) is 1.00. The molecule has 3 nitrogen and oxygen atoms in total. The summed E-state index contributed by atoms with van der Waals surface area (Å²) in [6.07, 6.45) is 0.228. The Morgan fingerprint density at radius 1 is 1.45 bits per heavy atom. The van der Waals surface area contributed by atoms with Crippen LogP contribution in [-0.2, 0) is 4.74 Å². The average molecular weight is 158 g/mol. The minimum atomic E-state index is 0.228. The molecule has 1 heterocycles. The molecule has 1 rings (SSSR count). The van der Waals surface area contributed by atoms with Gasteiger partial charge in [-0.25, -0.2) is 0 Å². The van der Waals surface area contributed by atoms with E-state index in [4.69, 9.17) is 4.74 Å². The maximum Gasteiger partial charge on any atom is 0.120 e. The van der Waals surface area contributed by atoms with E-state index in [1.165, 1.54) is 0 Å². The lowest BCUT2D eigenvalue weighted by Crippen LogP contribution is -2.49. The van der Waals surface area contributed by atoms with Crippen LogP contribution in [0.5, 0.6) is 0 Å². The summed E-state index contributed by atoms with van der Waals surface area (Å²) < 4.78 is 5.57. The fourth-order valence-corrected chi connectivity index (χ4v) is 1.05. The third-order valence-corrected chi connectivity index (χ3v) is 1.63. The molecule has 66 valence electrons. The van der Waals surface area contributed by atoms with Gasteiger partial charge in [0.05, 0.1) is 6.61 Å². The molecule has 0 aromatic rings. The van der Waals surface area contributed by atoms with E-state index in [-0.39, 0.29) is 6.23 Å². The van der Waals surface area contributed by atoms with Gasteiger partial charge in [0.1, 0.15) is 6.23 Å². The number of piperazine rings is 1. The third-order valence-electron chi connectivity index (χ3n) is 1.63. The van der Waals surface area contributed by atoms with Crippen molar-refractivity contribution in [1.29, 1.82) is 0 Å². The highest BCUT2D eigenvalue weighted by Crippen LogP contribution is 1.96. The first-order valence-corrected chi connectivity index (χ1v) is 4.34. The Bertz CT molecular complexity index is 100. The molecule has 2 N–H and O–H groups in total. The molecule has 0 aromatic heterocycles. The standard InChI is InChI=1S/C8H18N2O/c1-7(2)6-11-8-5-9-3-4-10-8/h7-10H,3-6H2,1-2H3. The van der Waals surface area contributed by atoms with Gasteiger partial charge in [-0.3, -0.25) is 5.32 Å². The Morgan fingerprint density at radius 2 is 2.27 bits per heavy atom. The zero-order valence-corrected chi connectivity index (χ0v) is 7.39. The first kappa shape index (κ1) is 8.97. The van der Waals surface area contributed by atoms with Crippen molar-refractivity contribution in [3.05, 3.63) is 0 Å². The fourth-order valence-electron chi connectivity index (χ4n) is 1.05. The predicted molar refractivity (Wildman–Crippen MR) is 45.5 cm³/mol. The van der Waals surface area contributed by atoms with Gasteiger partial charge in [0.2, 0.25) is 0 Å². The molecule has 1 atom stereocenters. The molecule has 0 saturated carbocycles. The largest absolute Gasteiger partial charge is 0.362 e. The van der Waals surface area contributed by atoms with Crippen molar-refractivity contribution >= 4 is 0 Å². The average Bonchev–Trinajstić information content (AvgIpc) is 2.03. The maximum atomic E-state index is 5.57. The smallest absolute Gasteiger partial charge is 0.120 e. The second kappa shape index (κ2) is 4.70. The summed E-state index contributed by atoms with van der Waals surface area (Å²) in [7, 11) is 0. The van der Waals surface area contributed by atoms with Crippen molar-refractivity contribution in [2.45, 2.75) is 20.1 Å². The van der Waals surface area contributed by atoms with E-state index in [0.29, 0.717) is 5.92 Å². The lowest BCUT2D eigenvalue weighted by atomic mass is 10.2. The van der Waals surface area contributed by atoms with Gasteiger partial charge >= 0.3 is 0 Å². The van der Waals surface area contributed by atoms with Crippen molar-refractivity contribution in [2.24, 2.45) is 5.92 Å². The van der Waals surface area contributed by atoms with Gasteiger partial charge in [-0.1, -0.05) is 13.8 Å². The van der Waals surface area contributed by atoms with E-state index in [0.717, 1.165) is 26.2 Å². The van der Waals surface area contributed by atoms with Crippen LogP contribution in [0.1, 0.15) is 13.8 Å². The summed E-state index contributed by atoms with van der Waals surface area (Å²) in [5.41, 5.74) is 0. The maximum absolute atomic E-state index is 5.57. The van der Waals surface area contributed by atoms with Gasteiger partial charge in [-0.2, -0.15) is 0 Å². The summed E-state index contributed by atoms with van der Waals surface area (Å²) >= 11 is 0. The first-order valence-electron chi connectivity index (χ1n) is 4.34. The highest BCUT2D eigenvalue weighted by molar-refractivity contribution is 4.67. The summed E-state index contributed by atoms with van der Waals surface area (Å²) in [5, 5.41) is 6.56. The van der Waals surface area contributed by atoms with Gasteiger partial charge in [-0.15, -0.1) is 0 Å². The molecule has 0 amide bonds. The number of ether oxygens (including phenoxy) is 1. The van der Waals surface area contributed by atoms with Crippen LogP contribution in [0.2, 0.25) is 0 Å². The lowest BCUT2D eigenvalue weighted by molar-refractivity contribution is 0.00701. The first-order chi connectivity index (χ1) is 5.29. The number of hydrogen-bond acceptors (Lipinski definition) is 3. The Labute approximate surface area is 68.5 Å². The summed E-state index contributed by atoms with van der Waals surface area (Å²) in [6, 6.07) is 0. The van der Waals surface area contributed by atoms with Crippen LogP contribution >= 0.6 is 0 Å². The number of nitrogens with one attached hydrogen (secondary N) is 2. The zero-order valence-electron chi connectivity index (χ0n) is 7.39. The molecule has 3 heteroatoms. The van der Waals surface area contributed by atoms with Gasteiger partial charge < -0.3 is 10.1 Å². The van der Waals surface area contributed by atoms with Gasteiger partial charge in [0.25, 0.3) is 0 Å². The molecule has 1 aliphatic rings. The van der Waals surface area contributed by atoms with Crippen LogP contribution in [0.4, 0.5) is 0 Å². The van der Waals surface area contributed by atoms with E-state index in [2.05, 4.69) is 24.5 Å². The highest BCUT2D eigenvalue weighted by atomic mass is 16.5. The van der Waals surface area contributed by atoms with E-state index < -0.39 is 0 Å². The van der Waals surface area contributed by atoms with Gasteiger partial charge in [0, 0.05) is 19.6 Å². The topological polar surface area (TPSA) is 33.3 Å². The van der Waals surface area contributed by atoms with E-state index in [1.807, 2.05) is 0 Å². The van der Waals surface area contributed by atoms with Crippen LogP contribution in [0.25, 0.3) is 0 Å². The lowest BCUT2D eigenvalue weighted by Gasteiger charge is -2.25. The van der Waals surface area contributed by atoms with Crippen molar-refractivity contribution in [2.75, 3.05) is 26.2 Å². The normalized spacial score (nSPS) is 25.9. The molecule has 1 fully saturated rings. The van der Waals surface area contributed by atoms with E-state index in [9.17, 15) is 0 Å². The third kappa shape index (κ3) is 3.70. The molecule has 0 aliphatic carbocycles. The van der Waals surface area contributed by atoms with Crippen molar-refractivity contribution in [3.8, 4) is 0 Å². The van der Waals surface area contributed by atoms with Crippen LogP contribution in [0.15, 0.2) is 0 Å². The van der Waals surface area contributed by atoms with Gasteiger partial charge in [-0.05, 0) is 5.92 Å². The second-order valence-corrected chi connectivity index (χ2v) is 3.37. The Morgan fingerprint density at radius 3 is 2.82 bits per heavy atom. The van der Waals surface area contributed by atoms with Crippen molar-refractivity contribution < 1.29 is 4.74 Å². The SMILES string of the molecule is CC(C)COC1CNCCN1. The Kier molecular flexibility index (Phi) is 3.83. The summed E-state index contributed by atoms with van der Waals surface area (Å²) in [4.78, 5) is 0. The molecule has 1 aliphatic heterocycles. The highest BCUT2D eigenvalue weighted by Gasteiger charge is 2.11. The second-order valence-electron chi connectivity index (χ2n) is 3.37. The van der Waals surface area contributed by atoms with Crippen LogP contribution < -0.4 is 10.6 Å². The number of rotatable bonds is 3. The molecular formula is C8H18N2O. The molecule has 0 aromatic carbocycles. The summed E-state index contributed by atoms with van der Waals surface area (Å²) in [5.74, 6) is 0.624. The molecule has 1 saturated heterocycles. The van der Waals surface area contributed by atoms with E-state index in [1.54, 1.807) is 0 Å². The molecule has 0 radical (unpaired) electrons. The Hall–Kier alpha value is -0.120. The molecular weight excluding hydrogens is 140 g/mol.